The molecule has 0 spiro atoms. The zero-order valence-electron chi connectivity index (χ0n) is 30.3. The van der Waals surface area contributed by atoms with E-state index in [1.807, 2.05) is 7.05 Å². The summed E-state index contributed by atoms with van der Waals surface area (Å²) in [7, 11) is 3.63. The fraction of sp³-hybridized carbons (Fsp3) is 0.844. The average molecular weight is 765 g/mol. The Hall–Kier alpha value is -3.25. The standard InChI is InChI=1S/C32H56N6O15/c1-4-7-20(39)34-22-26(43)24(41)18(52-29(22)46)14-50-31(48)33-16-38(3)11-6-5-8-21(40)35-23-27(44)25(42)19(53-30(23)47)15-51-32(49)36-28(45)17-9-12-37(2)13-10-17/h17-19,22-27,29-30,41-44,46-47H,4-16H2,1-3H3,(H,33,48)(H,34,39)(H,35,40)(H,36,45,49)/t18-,19-,22-,23-,24-,25-,26-,27-,29?,30?/m1/s1. The van der Waals surface area contributed by atoms with Crippen LogP contribution >= 0.6 is 0 Å². The van der Waals surface area contributed by atoms with E-state index < -0.39 is 104 Å². The lowest BCUT2D eigenvalue weighted by molar-refractivity contribution is -0.253. The highest BCUT2D eigenvalue weighted by atomic mass is 16.6. The third kappa shape index (κ3) is 13.8. The number of likely N-dealkylation sites (tertiary alicyclic amines) is 1. The fourth-order valence-electron chi connectivity index (χ4n) is 6.04. The molecule has 0 saturated carbocycles. The van der Waals surface area contributed by atoms with E-state index in [-0.39, 0.29) is 25.4 Å². The molecule has 0 aromatic rings. The molecule has 5 amide bonds. The Morgan fingerprint density at radius 3 is 1.79 bits per heavy atom. The molecule has 10 atom stereocenters. The summed E-state index contributed by atoms with van der Waals surface area (Å²) in [5.74, 6) is -1.77. The molecular weight excluding hydrogens is 708 g/mol. The van der Waals surface area contributed by atoms with Crippen LogP contribution in [-0.4, -0.2) is 185 Å². The maximum absolute atomic E-state index is 12.5. The van der Waals surface area contributed by atoms with Crippen LogP contribution in [0.15, 0.2) is 0 Å². The molecule has 3 aliphatic heterocycles. The summed E-state index contributed by atoms with van der Waals surface area (Å²) in [4.78, 5) is 64.8. The largest absolute Gasteiger partial charge is 0.447 e. The summed E-state index contributed by atoms with van der Waals surface area (Å²) in [6.07, 6.45) is -11.5. The first-order valence-corrected chi connectivity index (χ1v) is 17.8. The second-order valence-corrected chi connectivity index (χ2v) is 13.7. The van der Waals surface area contributed by atoms with Gasteiger partial charge in [0.2, 0.25) is 17.7 Å². The molecule has 10 N–H and O–H groups in total. The van der Waals surface area contributed by atoms with Crippen molar-refractivity contribution < 1.29 is 73.6 Å². The van der Waals surface area contributed by atoms with Gasteiger partial charge in [0.15, 0.2) is 12.6 Å². The van der Waals surface area contributed by atoms with Gasteiger partial charge in [-0.25, -0.2) is 9.59 Å². The lowest BCUT2D eigenvalue weighted by atomic mass is 9.96. The van der Waals surface area contributed by atoms with Crippen molar-refractivity contribution in [1.82, 2.24) is 31.1 Å². The van der Waals surface area contributed by atoms with Crippen LogP contribution in [0.5, 0.6) is 0 Å². The van der Waals surface area contributed by atoms with Gasteiger partial charge < -0.3 is 70.4 Å². The van der Waals surface area contributed by atoms with Gasteiger partial charge in [-0.15, -0.1) is 0 Å². The van der Waals surface area contributed by atoms with Crippen LogP contribution in [0.3, 0.4) is 0 Å². The fourth-order valence-corrected chi connectivity index (χ4v) is 6.04. The van der Waals surface area contributed by atoms with Gasteiger partial charge in [0.1, 0.15) is 61.9 Å². The van der Waals surface area contributed by atoms with Crippen molar-refractivity contribution in [2.75, 3.05) is 53.6 Å². The molecule has 3 saturated heterocycles. The molecule has 2 unspecified atom stereocenters. The second kappa shape index (κ2) is 21.6. The summed E-state index contributed by atoms with van der Waals surface area (Å²) in [6.45, 7) is 2.65. The minimum absolute atomic E-state index is 0.00206. The summed E-state index contributed by atoms with van der Waals surface area (Å²) < 4.78 is 20.6. The first-order valence-electron chi connectivity index (χ1n) is 17.8. The van der Waals surface area contributed by atoms with Gasteiger partial charge >= 0.3 is 12.2 Å². The first kappa shape index (κ1) is 44.1. The SMILES string of the molecule is CCCC(=O)N[C@H]1C(O)O[C@H](COC(=O)NCN(C)CCCCC(=O)N[C@H]2C(O)O[C@H](COC(=O)NC(=O)C3CCN(C)CC3)[C@@H](O)[C@@H]2O)[C@@H](O)[C@@H]1O. The van der Waals surface area contributed by atoms with Gasteiger partial charge in [-0.2, -0.15) is 0 Å². The number of hydrogen-bond donors (Lipinski definition) is 10. The highest BCUT2D eigenvalue weighted by Gasteiger charge is 2.46. The Morgan fingerprint density at radius 2 is 1.26 bits per heavy atom. The molecule has 304 valence electrons. The summed E-state index contributed by atoms with van der Waals surface area (Å²) in [5.41, 5.74) is 0. The number of imide groups is 1. The minimum atomic E-state index is -1.73. The molecule has 0 radical (unpaired) electrons. The predicted octanol–water partition coefficient (Wildman–Crippen LogP) is -3.99. The normalized spacial score (nSPS) is 31.0. The number of unbranched alkanes of at least 4 members (excludes halogenated alkanes) is 1. The number of amides is 5. The van der Waals surface area contributed by atoms with E-state index in [1.54, 1.807) is 18.9 Å². The number of nitrogens with zero attached hydrogens (tertiary/aromatic N) is 2. The minimum Gasteiger partial charge on any atom is -0.447 e. The van der Waals surface area contributed by atoms with E-state index in [9.17, 15) is 54.6 Å². The molecule has 53 heavy (non-hydrogen) atoms. The predicted molar refractivity (Wildman–Crippen MR) is 180 cm³/mol. The lowest BCUT2D eigenvalue weighted by Crippen LogP contribution is -2.64. The summed E-state index contributed by atoms with van der Waals surface area (Å²) >= 11 is 0. The van der Waals surface area contributed by atoms with Crippen molar-refractivity contribution in [3.05, 3.63) is 0 Å². The molecule has 3 heterocycles. The van der Waals surface area contributed by atoms with E-state index in [2.05, 4.69) is 26.2 Å². The van der Waals surface area contributed by atoms with Gasteiger partial charge in [0.05, 0.1) is 6.67 Å². The Kier molecular flexibility index (Phi) is 18.0. The number of aliphatic hydroxyl groups is 6. The highest BCUT2D eigenvalue weighted by Crippen LogP contribution is 2.22. The first-order chi connectivity index (χ1) is 25.1. The molecule has 3 aliphatic rings. The number of piperidine rings is 1. The molecule has 0 bridgehead atoms. The third-order valence-electron chi connectivity index (χ3n) is 9.33. The summed E-state index contributed by atoms with van der Waals surface area (Å²) in [5, 5.41) is 71.8. The van der Waals surface area contributed by atoms with Crippen molar-refractivity contribution in [2.24, 2.45) is 5.92 Å². The van der Waals surface area contributed by atoms with Crippen molar-refractivity contribution in [3.63, 3.8) is 0 Å². The summed E-state index contributed by atoms with van der Waals surface area (Å²) in [6, 6.07) is -2.62. The van der Waals surface area contributed by atoms with Crippen molar-refractivity contribution in [1.29, 1.82) is 0 Å². The maximum Gasteiger partial charge on any atom is 0.413 e. The highest BCUT2D eigenvalue weighted by molar-refractivity contribution is 5.93. The van der Waals surface area contributed by atoms with Crippen LogP contribution < -0.4 is 21.3 Å². The zero-order valence-corrected chi connectivity index (χ0v) is 30.3. The zero-order chi connectivity index (χ0) is 39.2. The molecule has 0 aromatic heterocycles. The van der Waals surface area contributed by atoms with Gasteiger partial charge in [0.25, 0.3) is 0 Å². The number of alkyl carbamates (subject to hydrolysis) is 2. The molecule has 0 aliphatic carbocycles. The van der Waals surface area contributed by atoms with Crippen LogP contribution in [-0.2, 0) is 33.3 Å². The van der Waals surface area contributed by atoms with Crippen LogP contribution in [0.25, 0.3) is 0 Å². The van der Waals surface area contributed by atoms with Crippen LogP contribution in [0, 0.1) is 5.92 Å². The van der Waals surface area contributed by atoms with Crippen LogP contribution in [0.2, 0.25) is 0 Å². The number of rotatable bonds is 16. The average Bonchev–Trinajstić information content (AvgIpc) is 3.11. The van der Waals surface area contributed by atoms with E-state index in [0.717, 1.165) is 13.1 Å². The topological polar surface area (TPSA) is 298 Å². The maximum atomic E-state index is 12.5. The molecule has 3 fully saturated rings. The smallest absolute Gasteiger partial charge is 0.413 e. The van der Waals surface area contributed by atoms with Crippen molar-refractivity contribution in [2.45, 2.75) is 113 Å². The van der Waals surface area contributed by atoms with E-state index in [0.29, 0.717) is 38.6 Å². The second-order valence-electron chi connectivity index (χ2n) is 13.7. The Morgan fingerprint density at radius 1 is 0.755 bits per heavy atom. The quantitative estimate of drug-likeness (QED) is 0.0529. The number of ether oxygens (including phenoxy) is 4. The van der Waals surface area contributed by atoms with E-state index in [4.69, 9.17) is 18.9 Å². The number of hydrogen-bond acceptors (Lipinski definition) is 17. The van der Waals surface area contributed by atoms with Crippen molar-refractivity contribution in [3.8, 4) is 0 Å². The van der Waals surface area contributed by atoms with E-state index >= 15 is 0 Å². The molecule has 0 aromatic carbocycles. The monoisotopic (exact) mass is 764 g/mol. The molecular formula is C32H56N6O15. The number of aliphatic hydroxyl groups excluding tert-OH is 6. The van der Waals surface area contributed by atoms with Crippen LogP contribution in [0.4, 0.5) is 9.59 Å². The molecule has 21 heteroatoms. The van der Waals surface area contributed by atoms with Crippen molar-refractivity contribution >= 4 is 29.9 Å². The van der Waals surface area contributed by atoms with Gasteiger partial charge in [0, 0.05) is 18.8 Å². The number of carbonyl (C=O) groups is 5. The van der Waals surface area contributed by atoms with Gasteiger partial charge in [-0.3, -0.25) is 24.6 Å². The Bertz CT molecular complexity index is 1210. The number of nitrogens with one attached hydrogen (secondary N) is 4. The van der Waals surface area contributed by atoms with E-state index in [1.165, 1.54) is 0 Å². The molecule has 3 rings (SSSR count). The van der Waals surface area contributed by atoms with Gasteiger partial charge in [-0.05, 0) is 65.8 Å². The van der Waals surface area contributed by atoms with Crippen LogP contribution in [0.1, 0.15) is 51.9 Å². The molecule has 21 nitrogen and oxygen atoms in total. The Balaban J connectivity index is 1.27. The number of carbonyl (C=O) groups excluding carboxylic acids is 5. The third-order valence-corrected chi connectivity index (χ3v) is 9.33. The lowest BCUT2D eigenvalue weighted by Gasteiger charge is -2.40. The van der Waals surface area contributed by atoms with Gasteiger partial charge in [-0.1, -0.05) is 6.92 Å². The Labute approximate surface area is 307 Å².